The van der Waals surface area contributed by atoms with Gasteiger partial charge in [0.2, 0.25) is 0 Å². The van der Waals surface area contributed by atoms with Gasteiger partial charge in [-0.15, -0.1) is 0 Å². The van der Waals surface area contributed by atoms with Gasteiger partial charge in [-0.3, -0.25) is 4.90 Å². The number of halogens is 1. The van der Waals surface area contributed by atoms with E-state index in [1.807, 2.05) is 12.1 Å². The van der Waals surface area contributed by atoms with E-state index in [0.29, 0.717) is 0 Å². The fourth-order valence-electron chi connectivity index (χ4n) is 1.65. The van der Waals surface area contributed by atoms with Crippen LogP contribution in [0, 0.1) is 5.82 Å². The fourth-order valence-corrected chi connectivity index (χ4v) is 2.31. The van der Waals surface area contributed by atoms with Crippen molar-refractivity contribution in [1.82, 2.24) is 4.90 Å². The molecule has 2 rings (SSSR count). The van der Waals surface area contributed by atoms with Gasteiger partial charge < -0.3 is 0 Å². The van der Waals surface area contributed by atoms with Crippen molar-refractivity contribution in [1.29, 1.82) is 0 Å². The van der Waals surface area contributed by atoms with Gasteiger partial charge in [-0.2, -0.15) is 11.3 Å². The van der Waals surface area contributed by atoms with Crippen molar-refractivity contribution in [2.75, 3.05) is 7.05 Å². The first-order valence-electron chi connectivity index (χ1n) is 5.18. The summed E-state index contributed by atoms with van der Waals surface area (Å²) in [5, 5.41) is 4.24. The number of nitrogens with zero attached hydrogens (tertiary/aromatic N) is 1. The highest BCUT2D eigenvalue weighted by atomic mass is 32.1. The van der Waals surface area contributed by atoms with E-state index in [1.165, 1.54) is 17.7 Å². The lowest BCUT2D eigenvalue weighted by molar-refractivity contribution is 0.319. The van der Waals surface area contributed by atoms with Crippen LogP contribution in [-0.4, -0.2) is 11.9 Å². The second kappa shape index (κ2) is 5.23. The molecule has 0 spiro atoms. The third kappa shape index (κ3) is 3.15. The summed E-state index contributed by atoms with van der Waals surface area (Å²) in [5.74, 6) is -0.177. The van der Waals surface area contributed by atoms with Crippen LogP contribution in [0.4, 0.5) is 4.39 Å². The Balaban J connectivity index is 1.92. The Hall–Kier alpha value is -1.19. The zero-order valence-electron chi connectivity index (χ0n) is 9.19. The maximum absolute atomic E-state index is 12.7. The molecule has 0 saturated carbocycles. The lowest BCUT2D eigenvalue weighted by atomic mass is 10.2. The van der Waals surface area contributed by atoms with E-state index in [2.05, 4.69) is 28.8 Å². The predicted octanol–water partition coefficient (Wildman–Crippen LogP) is 3.52. The molecule has 0 bridgehead atoms. The molecule has 3 heteroatoms. The van der Waals surface area contributed by atoms with Crippen molar-refractivity contribution in [3.8, 4) is 0 Å². The Morgan fingerprint density at radius 1 is 1.06 bits per heavy atom. The SMILES string of the molecule is CN(Cc1ccc(F)cc1)Cc1ccsc1. The highest BCUT2D eigenvalue weighted by Gasteiger charge is 2.02. The first-order chi connectivity index (χ1) is 7.74. The van der Waals surface area contributed by atoms with Crippen LogP contribution in [0.25, 0.3) is 0 Å². The van der Waals surface area contributed by atoms with Crippen LogP contribution < -0.4 is 0 Å². The summed E-state index contributed by atoms with van der Waals surface area (Å²) < 4.78 is 12.7. The number of benzene rings is 1. The van der Waals surface area contributed by atoms with E-state index in [9.17, 15) is 4.39 Å². The topological polar surface area (TPSA) is 3.24 Å². The van der Waals surface area contributed by atoms with Crippen LogP contribution in [0.3, 0.4) is 0 Å². The van der Waals surface area contributed by atoms with E-state index in [4.69, 9.17) is 0 Å². The molecule has 0 unspecified atom stereocenters. The smallest absolute Gasteiger partial charge is 0.123 e. The predicted molar refractivity (Wildman–Crippen MR) is 65.9 cm³/mol. The van der Waals surface area contributed by atoms with Gasteiger partial charge in [0.05, 0.1) is 0 Å². The molecule has 0 fully saturated rings. The molecule has 2 aromatic rings. The summed E-state index contributed by atoms with van der Waals surface area (Å²) >= 11 is 1.71. The molecule has 84 valence electrons. The summed E-state index contributed by atoms with van der Waals surface area (Å²) in [6.07, 6.45) is 0. The Bertz CT molecular complexity index is 422. The highest BCUT2D eigenvalue weighted by molar-refractivity contribution is 7.07. The summed E-state index contributed by atoms with van der Waals surface area (Å²) in [6, 6.07) is 8.81. The van der Waals surface area contributed by atoms with Crippen molar-refractivity contribution >= 4 is 11.3 Å². The van der Waals surface area contributed by atoms with Crippen molar-refractivity contribution in [3.63, 3.8) is 0 Å². The summed E-state index contributed by atoms with van der Waals surface area (Å²) in [7, 11) is 2.07. The third-order valence-corrected chi connectivity index (χ3v) is 3.13. The average Bonchev–Trinajstić information content (AvgIpc) is 2.74. The first kappa shape index (κ1) is 11.3. The number of thiophene rings is 1. The minimum absolute atomic E-state index is 0.177. The van der Waals surface area contributed by atoms with E-state index < -0.39 is 0 Å². The Labute approximate surface area is 99.1 Å². The molecule has 0 aliphatic heterocycles. The molecular weight excluding hydrogens is 221 g/mol. The molecular formula is C13H14FNS. The average molecular weight is 235 g/mol. The normalized spacial score (nSPS) is 10.9. The zero-order valence-corrected chi connectivity index (χ0v) is 10.0. The number of rotatable bonds is 4. The maximum Gasteiger partial charge on any atom is 0.123 e. The molecule has 0 N–H and O–H groups in total. The van der Waals surface area contributed by atoms with Crippen molar-refractivity contribution in [2.45, 2.75) is 13.1 Å². The van der Waals surface area contributed by atoms with Gasteiger partial charge in [-0.05, 0) is 47.1 Å². The third-order valence-electron chi connectivity index (χ3n) is 2.40. The van der Waals surface area contributed by atoms with Crippen LogP contribution in [0.1, 0.15) is 11.1 Å². The van der Waals surface area contributed by atoms with E-state index >= 15 is 0 Å². The molecule has 1 aromatic heterocycles. The van der Waals surface area contributed by atoms with Gasteiger partial charge in [0, 0.05) is 13.1 Å². The summed E-state index contributed by atoms with van der Waals surface area (Å²) in [5.41, 5.74) is 2.47. The monoisotopic (exact) mass is 235 g/mol. The van der Waals surface area contributed by atoms with E-state index in [0.717, 1.165) is 18.7 Å². The maximum atomic E-state index is 12.7. The van der Waals surface area contributed by atoms with Gasteiger partial charge in [-0.1, -0.05) is 12.1 Å². The Morgan fingerprint density at radius 2 is 1.75 bits per heavy atom. The van der Waals surface area contributed by atoms with Crippen molar-refractivity contribution in [3.05, 3.63) is 58.0 Å². The molecule has 0 atom stereocenters. The van der Waals surface area contributed by atoms with E-state index in [1.54, 1.807) is 11.3 Å². The Morgan fingerprint density at radius 3 is 2.38 bits per heavy atom. The lowest BCUT2D eigenvalue weighted by Crippen LogP contribution is -2.16. The second-order valence-electron chi connectivity index (χ2n) is 3.93. The molecule has 1 heterocycles. The lowest BCUT2D eigenvalue weighted by Gasteiger charge is -2.15. The van der Waals surface area contributed by atoms with Gasteiger partial charge in [-0.25, -0.2) is 4.39 Å². The molecule has 0 amide bonds. The summed E-state index contributed by atoms with van der Waals surface area (Å²) in [6.45, 7) is 1.77. The van der Waals surface area contributed by atoms with Gasteiger partial charge in [0.15, 0.2) is 0 Å². The van der Waals surface area contributed by atoms with Crippen LogP contribution in [0.15, 0.2) is 41.1 Å². The van der Waals surface area contributed by atoms with Gasteiger partial charge in [0.25, 0.3) is 0 Å². The summed E-state index contributed by atoms with van der Waals surface area (Å²) in [4.78, 5) is 2.22. The van der Waals surface area contributed by atoms with Crippen molar-refractivity contribution in [2.24, 2.45) is 0 Å². The minimum Gasteiger partial charge on any atom is -0.298 e. The standard InChI is InChI=1S/C13H14FNS/c1-15(9-12-6-7-16-10-12)8-11-2-4-13(14)5-3-11/h2-7,10H,8-9H2,1H3. The highest BCUT2D eigenvalue weighted by Crippen LogP contribution is 2.11. The quantitative estimate of drug-likeness (QED) is 0.783. The molecule has 1 nitrogen and oxygen atoms in total. The van der Waals surface area contributed by atoms with E-state index in [-0.39, 0.29) is 5.82 Å². The molecule has 0 saturated heterocycles. The van der Waals surface area contributed by atoms with Gasteiger partial charge >= 0.3 is 0 Å². The minimum atomic E-state index is -0.177. The molecule has 0 radical (unpaired) electrons. The molecule has 16 heavy (non-hydrogen) atoms. The van der Waals surface area contributed by atoms with Crippen LogP contribution in [0.5, 0.6) is 0 Å². The Kier molecular flexibility index (Phi) is 3.70. The fraction of sp³-hybridized carbons (Fsp3) is 0.231. The second-order valence-corrected chi connectivity index (χ2v) is 4.71. The largest absolute Gasteiger partial charge is 0.298 e. The number of hydrogen-bond acceptors (Lipinski definition) is 2. The van der Waals surface area contributed by atoms with Crippen LogP contribution >= 0.6 is 11.3 Å². The van der Waals surface area contributed by atoms with Crippen LogP contribution in [-0.2, 0) is 13.1 Å². The number of hydrogen-bond donors (Lipinski definition) is 0. The van der Waals surface area contributed by atoms with Gasteiger partial charge in [0.1, 0.15) is 5.82 Å². The first-order valence-corrected chi connectivity index (χ1v) is 6.12. The van der Waals surface area contributed by atoms with Crippen LogP contribution in [0.2, 0.25) is 0 Å². The molecule has 1 aromatic carbocycles. The van der Waals surface area contributed by atoms with Crippen molar-refractivity contribution < 1.29 is 4.39 Å². The molecule has 0 aliphatic rings. The zero-order chi connectivity index (χ0) is 11.4. The molecule has 0 aliphatic carbocycles.